The second kappa shape index (κ2) is 2.89. The smallest absolute Gasteiger partial charge is 0.0550 e. The van der Waals surface area contributed by atoms with Crippen molar-refractivity contribution in [2.75, 3.05) is 31.6 Å². The molecule has 1 fully saturated rings. The number of rotatable bonds is 0. The van der Waals surface area contributed by atoms with Crippen molar-refractivity contribution < 1.29 is 0 Å². The van der Waals surface area contributed by atoms with E-state index in [9.17, 15) is 0 Å². The zero-order chi connectivity index (χ0) is 10.6. The minimum Gasteiger partial charge on any atom is -0.397 e. The molecule has 2 atom stereocenters. The lowest BCUT2D eigenvalue weighted by molar-refractivity contribution is 0.245. The quantitative estimate of drug-likeness (QED) is 0.626. The Morgan fingerprint density at radius 1 is 1.07 bits per heavy atom. The lowest BCUT2D eigenvalue weighted by atomic mass is 9.96. The summed E-state index contributed by atoms with van der Waals surface area (Å²) in [6.07, 6.45) is 1.28. The fourth-order valence-electron chi connectivity index (χ4n) is 3.15. The Labute approximate surface area is 90.0 Å². The Hall–Kier alpha value is -1.22. The Morgan fingerprint density at radius 3 is 2.00 bits per heavy atom. The predicted octanol–water partition coefficient (Wildman–Crippen LogP) is 1.37. The van der Waals surface area contributed by atoms with Gasteiger partial charge >= 0.3 is 0 Å². The molecule has 1 heterocycles. The van der Waals surface area contributed by atoms with Crippen LogP contribution < -0.4 is 11.5 Å². The molecule has 3 rings (SSSR count). The summed E-state index contributed by atoms with van der Waals surface area (Å²) in [5.41, 5.74) is 16.1. The summed E-state index contributed by atoms with van der Waals surface area (Å²) < 4.78 is 0. The summed E-state index contributed by atoms with van der Waals surface area (Å²) in [6.45, 7) is 2.32. The topological polar surface area (TPSA) is 55.3 Å². The highest BCUT2D eigenvalue weighted by atomic mass is 15.1. The third kappa shape index (κ3) is 1.23. The van der Waals surface area contributed by atoms with Gasteiger partial charge in [-0.15, -0.1) is 0 Å². The average Bonchev–Trinajstić information content (AvgIpc) is 2.41. The van der Waals surface area contributed by atoms with Crippen LogP contribution in [0.25, 0.3) is 0 Å². The number of anilines is 2. The molecule has 15 heavy (non-hydrogen) atoms. The molecule has 1 unspecified atom stereocenters. The Morgan fingerprint density at radius 2 is 1.53 bits per heavy atom. The monoisotopic (exact) mass is 203 g/mol. The molecule has 0 amide bonds. The molecule has 80 valence electrons. The van der Waals surface area contributed by atoms with Gasteiger partial charge in [0, 0.05) is 13.1 Å². The van der Waals surface area contributed by atoms with E-state index in [1.807, 2.05) is 0 Å². The van der Waals surface area contributed by atoms with Crippen molar-refractivity contribution in [1.29, 1.82) is 0 Å². The number of nitrogens with two attached hydrogens (primary N) is 2. The molecule has 3 heteroatoms. The van der Waals surface area contributed by atoms with Gasteiger partial charge in [-0.3, -0.25) is 0 Å². The van der Waals surface area contributed by atoms with E-state index in [1.165, 1.54) is 17.5 Å². The first-order valence-electron chi connectivity index (χ1n) is 5.52. The van der Waals surface area contributed by atoms with E-state index in [4.69, 9.17) is 11.5 Å². The van der Waals surface area contributed by atoms with Crippen LogP contribution in [0.3, 0.4) is 0 Å². The lowest BCUT2D eigenvalue weighted by Crippen LogP contribution is -2.31. The van der Waals surface area contributed by atoms with Crippen LogP contribution in [0.4, 0.5) is 11.4 Å². The van der Waals surface area contributed by atoms with Gasteiger partial charge in [-0.1, -0.05) is 0 Å². The minimum absolute atomic E-state index is 0.673. The summed E-state index contributed by atoms with van der Waals surface area (Å²) in [5.74, 6) is 1.35. The van der Waals surface area contributed by atoms with E-state index < -0.39 is 0 Å². The second-order valence-corrected chi connectivity index (χ2v) is 4.96. The SMILES string of the molecule is CN1CC2C[C@@H](C1)c1cc(N)c(N)cc12. The highest BCUT2D eigenvalue weighted by Crippen LogP contribution is 2.47. The zero-order valence-electron chi connectivity index (χ0n) is 9.03. The van der Waals surface area contributed by atoms with Gasteiger partial charge in [0.2, 0.25) is 0 Å². The van der Waals surface area contributed by atoms with Gasteiger partial charge in [-0.25, -0.2) is 0 Å². The average molecular weight is 203 g/mol. The van der Waals surface area contributed by atoms with Crippen LogP contribution in [0.2, 0.25) is 0 Å². The van der Waals surface area contributed by atoms with Gasteiger partial charge in [0.15, 0.2) is 0 Å². The highest BCUT2D eigenvalue weighted by molar-refractivity contribution is 5.68. The first kappa shape index (κ1) is 9.04. The number of likely N-dealkylation sites (tertiary alicyclic amines) is 1. The molecule has 2 aliphatic rings. The van der Waals surface area contributed by atoms with Crippen molar-refractivity contribution in [1.82, 2.24) is 4.90 Å². The van der Waals surface area contributed by atoms with Crippen LogP contribution in [0.1, 0.15) is 29.4 Å². The van der Waals surface area contributed by atoms with Gasteiger partial charge in [0.05, 0.1) is 11.4 Å². The first-order valence-corrected chi connectivity index (χ1v) is 5.52. The van der Waals surface area contributed by atoms with Gasteiger partial charge in [0.25, 0.3) is 0 Å². The maximum atomic E-state index is 5.87. The molecule has 0 aromatic heterocycles. The van der Waals surface area contributed by atoms with Crippen molar-refractivity contribution in [2.45, 2.75) is 18.3 Å². The van der Waals surface area contributed by atoms with Gasteiger partial charge in [-0.2, -0.15) is 0 Å². The molecular formula is C12H17N3. The molecule has 1 saturated heterocycles. The van der Waals surface area contributed by atoms with Crippen LogP contribution in [0.15, 0.2) is 12.1 Å². The van der Waals surface area contributed by atoms with E-state index in [0.717, 1.165) is 24.5 Å². The molecular weight excluding hydrogens is 186 g/mol. The van der Waals surface area contributed by atoms with Crippen molar-refractivity contribution in [2.24, 2.45) is 0 Å². The van der Waals surface area contributed by atoms with Crippen LogP contribution in [0, 0.1) is 0 Å². The normalized spacial score (nSPS) is 29.1. The van der Waals surface area contributed by atoms with Crippen LogP contribution in [0.5, 0.6) is 0 Å². The molecule has 4 N–H and O–H groups in total. The highest BCUT2D eigenvalue weighted by Gasteiger charge is 2.36. The number of hydrogen-bond donors (Lipinski definition) is 2. The number of nitrogens with zero attached hydrogens (tertiary/aromatic N) is 1. The molecule has 2 bridgehead atoms. The number of piperidine rings is 1. The van der Waals surface area contributed by atoms with Crippen molar-refractivity contribution >= 4 is 11.4 Å². The zero-order valence-corrected chi connectivity index (χ0v) is 9.03. The molecule has 1 aromatic rings. The first-order chi connectivity index (χ1) is 7.15. The third-order valence-electron chi connectivity index (χ3n) is 3.80. The summed E-state index contributed by atoms with van der Waals surface area (Å²) in [7, 11) is 2.19. The Bertz CT molecular complexity index is 377. The van der Waals surface area contributed by atoms with Crippen LogP contribution in [-0.2, 0) is 0 Å². The predicted molar refractivity (Wildman–Crippen MR) is 62.9 cm³/mol. The fourth-order valence-corrected chi connectivity index (χ4v) is 3.15. The van der Waals surface area contributed by atoms with E-state index >= 15 is 0 Å². The maximum absolute atomic E-state index is 5.87. The number of nitrogen functional groups attached to an aromatic ring is 2. The second-order valence-electron chi connectivity index (χ2n) is 4.96. The third-order valence-corrected chi connectivity index (χ3v) is 3.80. The molecule has 1 aromatic carbocycles. The van der Waals surface area contributed by atoms with E-state index in [1.54, 1.807) is 0 Å². The molecule has 3 nitrogen and oxygen atoms in total. The lowest BCUT2D eigenvalue weighted by Gasteiger charge is -2.28. The fraction of sp³-hybridized carbons (Fsp3) is 0.500. The van der Waals surface area contributed by atoms with Crippen molar-refractivity contribution in [3.8, 4) is 0 Å². The largest absolute Gasteiger partial charge is 0.397 e. The Balaban J connectivity index is 2.12. The minimum atomic E-state index is 0.673. The molecule has 1 aliphatic carbocycles. The number of likely N-dealkylation sites (N-methyl/N-ethyl adjacent to an activating group) is 1. The Kier molecular flexibility index (Phi) is 1.74. The van der Waals surface area contributed by atoms with Crippen molar-refractivity contribution in [3.63, 3.8) is 0 Å². The standard InChI is InChI=1S/C12H17N3/c1-15-5-7-2-8(6-15)10-4-12(14)11(13)3-9(7)10/h3-4,7-8H,2,5-6,13-14H2,1H3/t7-,8?/m0/s1. The molecule has 0 radical (unpaired) electrons. The number of benzene rings is 1. The van der Waals surface area contributed by atoms with Crippen LogP contribution >= 0.6 is 0 Å². The summed E-state index contributed by atoms with van der Waals surface area (Å²) >= 11 is 0. The van der Waals surface area contributed by atoms with Gasteiger partial charge in [-0.05, 0) is 48.6 Å². The number of hydrogen-bond acceptors (Lipinski definition) is 3. The van der Waals surface area contributed by atoms with E-state index in [-0.39, 0.29) is 0 Å². The van der Waals surface area contributed by atoms with Gasteiger partial charge < -0.3 is 16.4 Å². The van der Waals surface area contributed by atoms with E-state index in [2.05, 4.69) is 24.1 Å². The summed E-state index contributed by atoms with van der Waals surface area (Å²) in [4.78, 5) is 2.41. The summed E-state index contributed by atoms with van der Waals surface area (Å²) in [5, 5.41) is 0. The van der Waals surface area contributed by atoms with Crippen molar-refractivity contribution in [3.05, 3.63) is 23.3 Å². The molecule has 0 spiro atoms. The summed E-state index contributed by atoms with van der Waals surface area (Å²) in [6, 6.07) is 4.18. The number of fused-ring (bicyclic) bond motifs is 5. The van der Waals surface area contributed by atoms with Crippen LogP contribution in [-0.4, -0.2) is 25.0 Å². The van der Waals surface area contributed by atoms with E-state index in [0.29, 0.717) is 11.8 Å². The molecule has 1 aliphatic heterocycles. The van der Waals surface area contributed by atoms with Gasteiger partial charge in [0.1, 0.15) is 0 Å². The molecule has 0 saturated carbocycles. The maximum Gasteiger partial charge on any atom is 0.0550 e.